The van der Waals surface area contributed by atoms with Crippen LogP contribution in [0.4, 0.5) is 4.79 Å². The number of imide groups is 1. The minimum Gasteiger partial charge on any atom is -0.455 e. The van der Waals surface area contributed by atoms with Crippen molar-refractivity contribution in [3.05, 3.63) is 29.3 Å². The molecule has 0 fully saturated rings. The Morgan fingerprint density at radius 2 is 1.83 bits per heavy atom. The van der Waals surface area contributed by atoms with Crippen LogP contribution in [0, 0.1) is 0 Å². The van der Waals surface area contributed by atoms with Gasteiger partial charge in [0.15, 0.2) is 6.61 Å². The van der Waals surface area contributed by atoms with Crippen LogP contribution in [0.2, 0.25) is 5.02 Å². The number of rotatable bonds is 7. The van der Waals surface area contributed by atoms with E-state index >= 15 is 0 Å². The van der Waals surface area contributed by atoms with E-state index in [1.54, 1.807) is 31.2 Å². The van der Waals surface area contributed by atoms with E-state index in [1.807, 2.05) is 13.8 Å². The van der Waals surface area contributed by atoms with Gasteiger partial charge in [0.1, 0.15) is 5.25 Å². The van der Waals surface area contributed by atoms with E-state index in [-0.39, 0.29) is 6.04 Å². The summed E-state index contributed by atoms with van der Waals surface area (Å²) in [6.07, 6.45) is 0.746. The number of nitrogens with one attached hydrogen (secondary N) is 2. The molecule has 2 N–H and O–H groups in total. The first-order chi connectivity index (χ1) is 11.3. The molecule has 0 radical (unpaired) electrons. The van der Waals surface area contributed by atoms with Crippen molar-refractivity contribution in [1.29, 1.82) is 0 Å². The van der Waals surface area contributed by atoms with Crippen LogP contribution in [0.5, 0.6) is 0 Å². The SMILES string of the molecule is CC[C@@H](C)NC(=O)NC(=O)COC(=O)[C@@H](C)Sc1ccc(Cl)cc1. The zero-order valence-electron chi connectivity index (χ0n) is 13.8. The molecule has 8 heteroatoms. The zero-order chi connectivity index (χ0) is 18.1. The van der Waals surface area contributed by atoms with E-state index in [0.29, 0.717) is 5.02 Å². The summed E-state index contributed by atoms with van der Waals surface area (Å²) >= 11 is 7.09. The van der Waals surface area contributed by atoms with Crippen LogP contribution >= 0.6 is 23.4 Å². The minimum absolute atomic E-state index is 0.0452. The summed E-state index contributed by atoms with van der Waals surface area (Å²) in [4.78, 5) is 35.8. The Hall–Kier alpha value is -1.73. The maximum Gasteiger partial charge on any atom is 0.321 e. The molecule has 1 rings (SSSR count). The highest BCUT2D eigenvalue weighted by atomic mass is 35.5. The van der Waals surface area contributed by atoms with Crippen molar-refractivity contribution < 1.29 is 19.1 Å². The first-order valence-corrected chi connectivity index (χ1v) is 8.76. The second-order valence-corrected chi connectivity index (χ2v) is 7.00. The Bertz CT molecular complexity index is 580. The first-order valence-electron chi connectivity index (χ1n) is 7.51. The van der Waals surface area contributed by atoms with Crippen LogP contribution in [0.1, 0.15) is 27.2 Å². The summed E-state index contributed by atoms with van der Waals surface area (Å²) in [5.41, 5.74) is 0. The smallest absolute Gasteiger partial charge is 0.321 e. The van der Waals surface area contributed by atoms with Crippen LogP contribution < -0.4 is 10.6 Å². The molecule has 1 aromatic rings. The number of esters is 1. The molecule has 3 amide bonds. The number of halogens is 1. The van der Waals surface area contributed by atoms with Gasteiger partial charge in [-0.1, -0.05) is 18.5 Å². The quantitative estimate of drug-likeness (QED) is 0.567. The molecule has 24 heavy (non-hydrogen) atoms. The Labute approximate surface area is 150 Å². The molecule has 0 aliphatic heterocycles. The Morgan fingerprint density at radius 1 is 1.21 bits per heavy atom. The van der Waals surface area contributed by atoms with Gasteiger partial charge in [-0.05, 0) is 44.5 Å². The highest BCUT2D eigenvalue weighted by molar-refractivity contribution is 8.00. The van der Waals surface area contributed by atoms with E-state index in [2.05, 4.69) is 10.6 Å². The molecule has 6 nitrogen and oxygen atoms in total. The highest BCUT2D eigenvalue weighted by Gasteiger charge is 2.18. The summed E-state index contributed by atoms with van der Waals surface area (Å²) in [5.74, 6) is -1.21. The number of benzene rings is 1. The van der Waals surface area contributed by atoms with Crippen molar-refractivity contribution in [3.8, 4) is 0 Å². The lowest BCUT2D eigenvalue weighted by atomic mass is 10.3. The molecular weight excluding hydrogens is 352 g/mol. The van der Waals surface area contributed by atoms with Crippen LogP contribution in [-0.4, -0.2) is 35.8 Å². The van der Waals surface area contributed by atoms with E-state index in [0.717, 1.165) is 11.3 Å². The Balaban J connectivity index is 2.35. The van der Waals surface area contributed by atoms with Crippen molar-refractivity contribution in [2.45, 2.75) is 43.4 Å². The number of urea groups is 1. The van der Waals surface area contributed by atoms with E-state index in [4.69, 9.17) is 16.3 Å². The largest absolute Gasteiger partial charge is 0.455 e. The summed E-state index contributed by atoms with van der Waals surface area (Å²) in [6, 6.07) is 6.40. The number of ether oxygens (including phenoxy) is 1. The number of amides is 3. The van der Waals surface area contributed by atoms with Gasteiger partial charge >= 0.3 is 12.0 Å². The molecule has 1 aromatic carbocycles. The van der Waals surface area contributed by atoms with Crippen molar-refractivity contribution in [3.63, 3.8) is 0 Å². The number of carbonyl (C=O) groups excluding carboxylic acids is 3. The molecule has 0 spiro atoms. The predicted octanol–water partition coefficient (Wildman–Crippen LogP) is 2.99. The molecule has 0 saturated heterocycles. The lowest BCUT2D eigenvalue weighted by Gasteiger charge is -2.13. The molecule has 0 heterocycles. The van der Waals surface area contributed by atoms with Gasteiger partial charge in [-0.15, -0.1) is 11.8 Å². The lowest BCUT2D eigenvalue weighted by molar-refractivity contribution is -0.147. The summed E-state index contributed by atoms with van der Waals surface area (Å²) in [6.45, 7) is 4.90. The minimum atomic E-state index is -0.673. The number of carbonyl (C=O) groups is 3. The Morgan fingerprint density at radius 3 is 2.42 bits per heavy atom. The molecule has 0 unspecified atom stereocenters. The van der Waals surface area contributed by atoms with Crippen molar-refractivity contribution in [2.75, 3.05) is 6.61 Å². The van der Waals surface area contributed by atoms with E-state index in [9.17, 15) is 14.4 Å². The molecule has 132 valence electrons. The number of hydrogen-bond acceptors (Lipinski definition) is 5. The molecule has 0 aliphatic rings. The summed E-state index contributed by atoms with van der Waals surface area (Å²) in [5, 5.41) is 4.81. The van der Waals surface area contributed by atoms with Crippen molar-refractivity contribution >= 4 is 41.3 Å². The standard InChI is InChI=1S/C16H21ClN2O4S/c1-4-10(2)18-16(22)19-14(20)9-23-15(21)11(3)24-13-7-5-12(17)6-8-13/h5-8,10-11H,4,9H2,1-3H3,(H2,18,19,20,22)/t10-,11-/m1/s1. The van der Waals surface area contributed by atoms with E-state index < -0.39 is 29.8 Å². The molecule has 2 atom stereocenters. The number of thioether (sulfide) groups is 1. The fraction of sp³-hybridized carbons (Fsp3) is 0.438. The fourth-order valence-corrected chi connectivity index (χ4v) is 2.54. The monoisotopic (exact) mass is 372 g/mol. The zero-order valence-corrected chi connectivity index (χ0v) is 15.4. The average Bonchev–Trinajstić information content (AvgIpc) is 2.54. The van der Waals surface area contributed by atoms with Crippen LogP contribution in [0.15, 0.2) is 29.2 Å². The third kappa shape index (κ3) is 7.70. The maximum atomic E-state index is 11.9. The van der Waals surface area contributed by atoms with Crippen LogP contribution in [0.3, 0.4) is 0 Å². The van der Waals surface area contributed by atoms with Crippen molar-refractivity contribution in [1.82, 2.24) is 10.6 Å². The lowest BCUT2D eigenvalue weighted by Crippen LogP contribution is -2.44. The first kappa shape index (κ1) is 20.3. The molecule has 0 saturated carbocycles. The van der Waals surface area contributed by atoms with E-state index in [1.165, 1.54) is 11.8 Å². The van der Waals surface area contributed by atoms with Gasteiger partial charge in [-0.3, -0.25) is 14.9 Å². The molecular formula is C16H21ClN2O4S. The molecule has 0 aliphatic carbocycles. The van der Waals surface area contributed by atoms with Gasteiger partial charge in [0.05, 0.1) is 0 Å². The summed E-state index contributed by atoms with van der Waals surface area (Å²) < 4.78 is 4.92. The predicted molar refractivity (Wildman–Crippen MR) is 94.2 cm³/mol. The fourth-order valence-electron chi connectivity index (χ4n) is 1.54. The topological polar surface area (TPSA) is 84.5 Å². The second-order valence-electron chi connectivity index (χ2n) is 5.15. The molecule has 0 bridgehead atoms. The van der Waals surface area contributed by atoms with Crippen LogP contribution in [0.25, 0.3) is 0 Å². The van der Waals surface area contributed by atoms with Gasteiger partial charge in [0.25, 0.3) is 5.91 Å². The molecule has 0 aromatic heterocycles. The average molecular weight is 373 g/mol. The van der Waals surface area contributed by atoms with Gasteiger partial charge in [0.2, 0.25) is 0 Å². The van der Waals surface area contributed by atoms with Gasteiger partial charge in [-0.2, -0.15) is 0 Å². The Kier molecular flexibility index (Phi) is 8.63. The third-order valence-corrected chi connectivity index (χ3v) is 4.39. The third-order valence-electron chi connectivity index (χ3n) is 3.05. The highest BCUT2D eigenvalue weighted by Crippen LogP contribution is 2.25. The van der Waals surface area contributed by atoms with Crippen molar-refractivity contribution in [2.24, 2.45) is 0 Å². The van der Waals surface area contributed by atoms with Gasteiger partial charge in [-0.25, -0.2) is 4.79 Å². The number of hydrogen-bond donors (Lipinski definition) is 2. The van der Waals surface area contributed by atoms with Gasteiger partial charge in [0, 0.05) is 16.0 Å². The maximum absolute atomic E-state index is 11.9. The van der Waals surface area contributed by atoms with Crippen LogP contribution in [-0.2, 0) is 14.3 Å². The normalized spacial score (nSPS) is 12.8. The second kappa shape index (κ2) is 10.2. The van der Waals surface area contributed by atoms with Gasteiger partial charge < -0.3 is 10.1 Å². The summed E-state index contributed by atoms with van der Waals surface area (Å²) in [7, 11) is 0.